The zero-order chi connectivity index (χ0) is 16.6. The van der Waals surface area contributed by atoms with Gasteiger partial charge >= 0.3 is 17.9 Å². The average molecular weight is 310 g/mol. The first kappa shape index (κ1) is 19.4. The maximum absolute atomic E-state index is 11.3. The summed E-state index contributed by atoms with van der Waals surface area (Å²) in [5.41, 5.74) is 0. The van der Waals surface area contributed by atoms with Crippen LogP contribution in [0.15, 0.2) is 0 Å². The largest absolute Gasteiger partial charge is 0.469 e. The molecule has 0 amide bonds. The lowest BCUT2D eigenvalue weighted by atomic mass is 10.0. The molecule has 4 atom stereocenters. The maximum Gasteiger partial charge on any atom is 0.345 e. The molecule has 21 heavy (non-hydrogen) atoms. The molecule has 0 aromatic rings. The van der Waals surface area contributed by atoms with Gasteiger partial charge in [-0.05, 0) is 0 Å². The van der Waals surface area contributed by atoms with Crippen molar-refractivity contribution in [3.63, 3.8) is 0 Å². The van der Waals surface area contributed by atoms with Crippen LogP contribution in [0, 0.1) is 0 Å². The number of aliphatic hydroxyl groups excluding tert-OH is 5. The first-order chi connectivity index (χ1) is 9.74. The van der Waals surface area contributed by atoms with Gasteiger partial charge in [0.2, 0.25) is 0 Å². The summed E-state index contributed by atoms with van der Waals surface area (Å²) in [5, 5.41) is 45.6. The van der Waals surface area contributed by atoms with Crippen LogP contribution in [0.3, 0.4) is 0 Å². The Morgan fingerprint density at radius 2 is 1.48 bits per heavy atom. The lowest BCUT2D eigenvalue weighted by Crippen LogP contribution is -2.49. The molecule has 0 saturated carbocycles. The lowest BCUT2D eigenvalue weighted by Gasteiger charge is -2.24. The predicted molar refractivity (Wildman–Crippen MR) is 63.5 cm³/mol. The number of aliphatic hydroxyl groups is 5. The van der Waals surface area contributed by atoms with E-state index in [0.29, 0.717) is 0 Å². The zero-order valence-electron chi connectivity index (χ0n) is 11.2. The number of hydrogen-bond donors (Lipinski definition) is 5. The van der Waals surface area contributed by atoms with E-state index in [9.17, 15) is 29.7 Å². The Morgan fingerprint density at radius 1 is 0.952 bits per heavy atom. The van der Waals surface area contributed by atoms with Crippen molar-refractivity contribution < 1.29 is 49.4 Å². The minimum Gasteiger partial charge on any atom is -0.469 e. The topological polar surface area (TPSA) is 171 Å². The van der Waals surface area contributed by atoms with Crippen LogP contribution in [0.2, 0.25) is 0 Å². The molecule has 0 heterocycles. The molecule has 122 valence electrons. The molecule has 5 N–H and O–H groups in total. The fourth-order valence-corrected chi connectivity index (χ4v) is 1.19. The van der Waals surface area contributed by atoms with Crippen LogP contribution in [0.4, 0.5) is 0 Å². The van der Waals surface area contributed by atoms with Crippen LogP contribution in [-0.2, 0) is 23.9 Å². The highest BCUT2D eigenvalue weighted by Gasteiger charge is 2.36. The van der Waals surface area contributed by atoms with Crippen LogP contribution in [0.1, 0.15) is 12.8 Å². The summed E-state index contributed by atoms with van der Waals surface area (Å²) in [6.07, 6.45) is -9.13. The van der Waals surface area contributed by atoms with Gasteiger partial charge in [-0.3, -0.25) is 9.59 Å². The zero-order valence-corrected chi connectivity index (χ0v) is 11.2. The lowest BCUT2D eigenvalue weighted by molar-refractivity contribution is -0.177. The van der Waals surface area contributed by atoms with Gasteiger partial charge in [0.05, 0.1) is 26.6 Å². The second kappa shape index (κ2) is 9.37. The Bertz CT molecular complexity index is 368. The van der Waals surface area contributed by atoms with E-state index in [1.165, 1.54) is 0 Å². The van der Waals surface area contributed by atoms with Crippen LogP contribution in [-0.4, -0.2) is 81.6 Å². The van der Waals surface area contributed by atoms with E-state index in [-0.39, 0.29) is 6.42 Å². The quantitative estimate of drug-likeness (QED) is 0.223. The molecule has 0 radical (unpaired) electrons. The highest BCUT2D eigenvalue weighted by atomic mass is 16.6. The van der Waals surface area contributed by atoms with E-state index in [4.69, 9.17) is 10.2 Å². The Balaban J connectivity index is 4.38. The third-order valence-electron chi connectivity index (χ3n) is 2.47. The van der Waals surface area contributed by atoms with Crippen molar-refractivity contribution in [1.29, 1.82) is 0 Å². The van der Waals surface area contributed by atoms with E-state index in [1.807, 2.05) is 0 Å². The number of rotatable bonds is 8. The first-order valence-corrected chi connectivity index (χ1v) is 5.89. The molecule has 0 rings (SSSR count). The van der Waals surface area contributed by atoms with E-state index in [0.717, 1.165) is 7.11 Å². The summed E-state index contributed by atoms with van der Waals surface area (Å²) in [6.45, 7) is -0.919. The molecule has 0 bridgehead atoms. The third kappa shape index (κ3) is 6.60. The standard InChI is InChI=1S/C11H18O10/c1-20-6(14)2-3-7(15)21-11(19)10(18)9(17)8(16)5(13)4-12/h5,8-10,12-13,16-18H,2-4H2,1H3/t5-,8-,9+,10-/m1/s1. The van der Waals surface area contributed by atoms with Gasteiger partial charge < -0.3 is 35.0 Å². The van der Waals surface area contributed by atoms with Crippen molar-refractivity contribution in [2.75, 3.05) is 13.7 Å². The highest BCUT2D eigenvalue weighted by Crippen LogP contribution is 2.07. The van der Waals surface area contributed by atoms with Crippen molar-refractivity contribution in [3.05, 3.63) is 0 Å². The van der Waals surface area contributed by atoms with Crippen molar-refractivity contribution in [2.45, 2.75) is 37.3 Å². The van der Waals surface area contributed by atoms with Crippen LogP contribution in [0.25, 0.3) is 0 Å². The summed E-state index contributed by atoms with van der Waals surface area (Å²) in [7, 11) is 1.10. The number of esters is 3. The van der Waals surface area contributed by atoms with E-state index >= 15 is 0 Å². The number of carbonyl (C=O) groups excluding carboxylic acids is 3. The fourth-order valence-electron chi connectivity index (χ4n) is 1.19. The number of ether oxygens (including phenoxy) is 2. The van der Waals surface area contributed by atoms with Crippen molar-refractivity contribution in [2.24, 2.45) is 0 Å². The van der Waals surface area contributed by atoms with Gasteiger partial charge in [-0.15, -0.1) is 0 Å². The van der Waals surface area contributed by atoms with Crippen LogP contribution < -0.4 is 0 Å². The monoisotopic (exact) mass is 310 g/mol. The number of carbonyl (C=O) groups is 3. The average Bonchev–Trinajstić information content (AvgIpc) is 2.49. The van der Waals surface area contributed by atoms with E-state index in [1.54, 1.807) is 0 Å². The first-order valence-electron chi connectivity index (χ1n) is 5.89. The summed E-state index contributed by atoms with van der Waals surface area (Å²) < 4.78 is 8.40. The summed E-state index contributed by atoms with van der Waals surface area (Å²) >= 11 is 0. The second-order valence-corrected chi connectivity index (χ2v) is 4.05. The minimum absolute atomic E-state index is 0.340. The van der Waals surface area contributed by atoms with Crippen molar-refractivity contribution in [3.8, 4) is 0 Å². The molecule has 0 spiro atoms. The molecular weight excluding hydrogens is 292 g/mol. The summed E-state index contributed by atoms with van der Waals surface area (Å²) in [6, 6.07) is 0. The normalized spacial score (nSPS) is 16.5. The molecule has 0 aromatic carbocycles. The molecule has 0 aromatic heterocycles. The highest BCUT2D eigenvalue weighted by molar-refractivity contribution is 5.89. The molecule has 0 unspecified atom stereocenters. The third-order valence-corrected chi connectivity index (χ3v) is 2.47. The Morgan fingerprint density at radius 3 is 1.95 bits per heavy atom. The molecule has 0 aliphatic heterocycles. The van der Waals surface area contributed by atoms with Gasteiger partial charge in [0.1, 0.15) is 18.3 Å². The Hall–Kier alpha value is -1.59. The Kier molecular flexibility index (Phi) is 8.66. The minimum atomic E-state index is -2.32. The van der Waals surface area contributed by atoms with Crippen LogP contribution >= 0.6 is 0 Å². The molecular formula is C11H18O10. The smallest absolute Gasteiger partial charge is 0.345 e. The predicted octanol–water partition coefficient (Wildman–Crippen LogP) is -3.55. The summed E-state index contributed by atoms with van der Waals surface area (Å²) in [5.74, 6) is -3.42. The SMILES string of the molecule is COC(=O)CCC(=O)OC(=O)[C@H](O)[C@@H](O)[C@H](O)[C@H](O)CO. The second-order valence-electron chi connectivity index (χ2n) is 4.05. The van der Waals surface area contributed by atoms with E-state index < -0.39 is 55.4 Å². The van der Waals surface area contributed by atoms with Gasteiger partial charge in [-0.2, -0.15) is 0 Å². The van der Waals surface area contributed by atoms with Gasteiger partial charge in [-0.25, -0.2) is 4.79 Å². The van der Waals surface area contributed by atoms with Crippen molar-refractivity contribution >= 4 is 17.9 Å². The molecule has 0 aliphatic carbocycles. The maximum atomic E-state index is 11.3. The molecule has 0 saturated heterocycles. The number of methoxy groups -OCH3 is 1. The summed E-state index contributed by atoms with van der Waals surface area (Å²) in [4.78, 5) is 33.2. The molecule has 0 aliphatic rings. The van der Waals surface area contributed by atoms with Gasteiger partial charge in [-0.1, -0.05) is 0 Å². The van der Waals surface area contributed by atoms with E-state index in [2.05, 4.69) is 9.47 Å². The van der Waals surface area contributed by atoms with Gasteiger partial charge in [0.25, 0.3) is 0 Å². The molecule has 10 nitrogen and oxygen atoms in total. The molecule has 10 heteroatoms. The number of hydrogen-bond acceptors (Lipinski definition) is 10. The molecule has 0 fully saturated rings. The van der Waals surface area contributed by atoms with Gasteiger partial charge in [0, 0.05) is 0 Å². The van der Waals surface area contributed by atoms with Crippen LogP contribution in [0.5, 0.6) is 0 Å². The van der Waals surface area contributed by atoms with Crippen molar-refractivity contribution in [1.82, 2.24) is 0 Å². The fraction of sp³-hybridized carbons (Fsp3) is 0.727. The van der Waals surface area contributed by atoms with Gasteiger partial charge in [0.15, 0.2) is 6.10 Å². The Labute approximate surface area is 119 Å².